The zero-order valence-corrected chi connectivity index (χ0v) is 27.9. The van der Waals surface area contributed by atoms with Gasteiger partial charge in [0.05, 0.1) is 53.1 Å². The summed E-state index contributed by atoms with van der Waals surface area (Å²) in [5.74, 6) is -5.81. The van der Waals surface area contributed by atoms with E-state index >= 15 is 8.78 Å². The maximum atomic E-state index is 16.5. The molecular weight excluding hydrogens is 698 g/mol. The zero-order chi connectivity index (χ0) is 37.7. The van der Waals surface area contributed by atoms with Crippen LogP contribution in [0.5, 0.6) is 23.0 Å². The summed E-state index contributed by atoms with van der Waals surface area (Å²) in [4.78, 5) is 59.0. The number of ether oxygens (including phenoxy) is 4. The van der Waals surface area contributed by atoms with Crippen LogP contribution in [-0.2, 0) is 13.1 Å². The minimum atomic E-state index is -1.50. The van der Waals surface area contributed by atoms with Crippen LogP contribution in [0.15, 0.2) is 48.5 Å². The van der Waals surface area contributed by atoms with Gasteiger partial charge in [-0.1, -0.05) is 0 Å². The van der Waals surface area contributed by atoms with Gasteiger partial charge in [-0.05, 0) is 42.5 Å². The van der Waals surface area contributed by atoms with Crippen LogP contribution < -0.4 is 30.4 Å². The predicted molar refractivity (Wildman–Crippen MR) is 184 cm³/mol. The summed E-state index contributed by atoms with van der Waals surface area (Å²) in [5.41, 5.74) is 10.7. The van der Waals surface area contributed by atoms with E-state index in [0.29, 0.717) is 11.8 Å². The maximum Gasteiger partial charge on any atom is 0.336 e. The van der Waals surface area contributed by atoms with Crippen molar-refractivity contribution < 1.29 is 52.0 Å². The molecule has 0 saturated carbocycles. The van der Waals surface area contributed by atoms with Gasteiger partial charge >= 0.3 is 5.97 Å². The number of aromatic carboxylic acids is 1. The molecule has 0 spiro atoms. The number of halogens is 2. The number of amides is 2. The molecule has 17 heteroatoms. The molecule has 0 atom stereocenters. The van der Waals surface area contributed by atoms with Crippen molar-refractivity contribution in [3.05, 3.63) is 82.4 Å². The highest BCUT2D eigenvalue weighted by atomic mass is 19.1. The highest BCUT2D eigenvalue weighted by molar-refractivity contribution is 6.04. The Morgan fingerprint density at radius 1 is 0.792 bits per heavy atom. The molecule has 15 nitrogen and oxygen atoms in total. The molecule has 2 aliphatic rings. The van der Waals surface area contributed by atoms with Crippen molar-refractivity contribution >= 4 is 46.1 Å². The molecular formula is C36H28F2N6O9. The fourth-order valence-corrected chi connectivity index (χ4v) is 6.55. The number of aldehydes is 1. The lowest BCUT2D eigenvalue weighted by molar-refractivity contribution is 0.0695. The number of methoxy groups -OCH3 is 2. The fourth-order valence-electron chi connectivity index (χ4n) is 6.55. The summed E-state index contributed by atoms with van der Waals surface area (Å²) in [5, 5.41) is 10.3. The van der Waals surface area contributed by atoms with Crippen LogP contribution in [0.4, 0.5) is 8.78 Å². The molecule has 5 N–H and O–H groups in total. The Balaban J connectivity index is 1.57. The van der Waals surface area contributed by atoms with Gasteiger partial charge in [0.25, 0.3) is 11.8 Å². The summed E-state index contributed by atoms with van der Waals surface area (Å²) in [7, 11) is 2.59. The van der Waals surface area contributed by atoms with Crippen LogP contribution in [0.25, 0.3) is 44.8 Å². The topological polar surface area (TPSA) is 213 Å². The number of rotatable bonds is 6. The van der Waals surface area contributed by atoms with Gasteiger partial charge < -0.3 is 44.7 Å². The monoisotopic (exact) mass is 726 g/mol. The van der Waals surface area contributed by atoms with E-state index in [1.54, 1.807) is 4.57 Å². The van der Waals surface area contributed by atoms with Gasteiger partial charge in [0.2, 0.25) is 0 Å². The molecule has 0 aliphatic carbocycles. The number of aromatic nitrogens is 4. The number of hydrogen-bond donors (Lipinski definition) is 3. The first-order chi connectivity index (χ1) is 25.5. The lowest BCUT2D eigenvalue weighted by atomic mass is 10.1. The minimum Gasteiger partial charge on any atom is -0.494 e. The molecule has 0 saturated heterocycles. The quantitative estimate of drug-likeness (QED) is 0.207. The second-order valence-electron chi connectivity index (χ2n) is 11.7. The molecule has 2 amide bonds. The van der Waals surface area contributed by atoms with E-state index in [2.05, 4.69) is 9.97 Å². The summed E-state index contributed by atoms with van der Waals surface area (Å²) in [6.45, 7) is -0.780. The van der Waals surface area contributed by atoms with Gasteiger partial charge in [-0.25, -0.2) is 23.5 Å². The van der Waals surface area contributed by atoms with Crippen molar-refractivity contribution in [2.75, 3.05) is 27.4 Å². The Kier molecular flexibility index (Phi) is 8.61. The SMILES string of the molecule is COc1c(C(N)=O)ccc2c1nc1n2CCn2c(nc3c(OC)c(C(N)=O)ccc32)-c2c(C=O)ccc(c2F)OCCOc2cc(F)c-1c(C(=O)O)c2. The third-order valence-corrected chi connectivity index (χ3v) is 8.85. The first kappa shape index (κ1) is 34.4. The number of primary amides is 2. The zero-order valence-electron chi connectivity index (χ0n) is 27.9. The number of nitrogens with zero attached hydrogens (tertiary/aromatic N) is 4. The highest BCUT2D eigenvalue weighted by Crippen LogP contribution is 2.40. The van der Waals surface area contributed by atoms with Gasteiger partial charge in [0, 0.05) is 24.7 Å². The van der Waals surface area contributed by atoms with Crippen molar-refractivity contribution in [3.8, 4) is 45.8 Å². The number of carboxylic acid groups (broad SMARTS) is 1. The molecule has 4 aromatic carbocycles. The Morgan fingerprint density at radius 3 is 1.85 bits per heavy atom. The van der Waals surface area contributed by atoms with Gasteiger partial charge in [0.1, 0.15) is 47.5 Å². The Morgan fingerprint density at radius 2 is 1.34 bits per heavy atom. The highest BCUT2D eigenvalue weighted by Gasteiger charge is 2.29. The van der Waals surface area contributed by atoms with E-state index in [1.165, 1.54) is 55.2 Å². The molecule has 2 aromatic heterocycles. The predicted octanol–water partition coefficient (Wildman–Crippen LogP) is 4.20. The summed E-state index contributed by atoms with van der Waals surface area (Å²) >= 11 is 0. The van der Waals surface area contributed by atoms with E-state index in [-0.39, 0.29) is 99.8 Å². The number of aryl methyl sites for hydroxylation is 2. The smallest absolute Gasteiger partial charge is 0.336 e. The molecule has 0 unspecified atom stereocenters. The first-order valence-electron chi connectivity index (χ1n) is 15.8. The lowest BCUT2D eigenvalue weighted by Gasteiger charge is -2.16. The van der Waals surface area contributed by atoms with Gasteiger partial charge in [-0.3, -0.25) is 14.4 Å². The van der Waals surface area contributed by atoms with E-state index < -0.39 is 40.5 Å². The van der Waals surface area contributed by atoms with Crippen LogP contribution in [0.1, 0.15) is 41.4 Å². The molecule has 0 radical (unpaired) electrons. The van der Waals surface area contributed by atoms with Crippen LogP contribution >= 0.6 is 0 Å². The van der Waals surface area contributed by atoms with E-state index in [4.69, 9.17) is 30.4 Å². The lowest BCUT2D eigenvalue weighted by Crippen LogP contribution is -2.14. The molecule has 8 rings (SSSR count). The van der Waals surface area contributed by atoms with Crippen molar-refractivity contribution in [2.24, 2.45) is 11.5 Å². The summed E-state index contributed by atoms with van der Waals surface area (Å²) in [6.07, 6.45) is 0.451. The molecule has 4 heterocycles. The molecule has 270 valence electrons. The molecule has 0 fully saturated rings. The molecule has 6 aromatic rings. The van der Waals surface area contributed by atoms with Crippen molar-refractivity contribution in [1.82, 2.24) is 19.1 Å². The van der Waals surface area contributed by atoms with Crippen molar-refractivity contribution in [2.45, 2.75) is 13.1 Å². The average molecular weight is 727 g/mol. The third-order valence-electron chi connectivity index (χ3n) is 8.85. The number of imidazole rings is 2. The number of carbonyl (C=O) groups is 4. The van der Waals surface area contributed by atoms with Gasteiger partial charge in [-0.15, -0.1) is 0 Å². The van der Waals surface area contributed by atoms with E-state index in [1.807, 2.05) is 0 Å². The van der Waals surface area contributed by atoms with E-state index in [9.17, 15) is 24.3 Å². The Hall–Kier alpha value is -7.04. The number of carboxylic acids is 1. The first-order valence-corrected chi connectivity index (χ1v) is 15.8. The normalized spacial score (nSPS) is 12.7. The minimum absolute atomic E-state index is 0.0134. The molecule has 4 bridgehead atoms. The van der Waals surface area contributed by atoms with Crippen molar-refractivity contribution in [1.29, 1.82) is 0 Å². The Labute approximate surface area is 297 Å². The van der Waals surface area contributed by atoms with E-state index in [0.717, 1.165) is 12.1 Å². The van der Waals surface area contributed by atoms with Gasteiger partial charge in [-0.2, -0.15) is 0 Å². The number of carbonyl (C=O) groups excluding carboxylic acids is 3. The number of benzene rings is 4. The van der Waals surface area contributed by atoms with Gasteiger partial charge in [0.15, 0.2) is 29.4 Å². The number of nitrogens with two attached hydrogens (primary N) is 2. The molecule has 53 heavy (non-hydrogen) atoms. The maximum absolute atomic E-state index is 16.5. The summed E-state index contributed by atoms with van der Waals surface area (Å²) in [6, 6.07) is 10.5. The Bertz CT molecular complexity index is 2550. The number of fused-ring (bicyclic) bond motifs is 8. The standard InChI is InChI=1S/C36H28F2N6O9/c1-50-30-18(32(39)46)4-6-22-28(30)41-34-25-16(15-45)3-8-24(27(25)38)53-12-11-52-17-13-20(36(48)49)26(21(37)14-17)35-42-29-23(44(35)10-9-43(22)34)7-5-19(33(40)47)31(29)51-2/h3-8,13-15H,9-12H2,1-2H3,(H2,39,46)(H2,40,47)(H,48,49). The second-order valence-corrected chi connectivity index (χ2v) is 11.7. The van der Waals surface area contributed by atoms with Crippen LogP contribution in [0.3, 0.4) is 0 Å². The third kappa shape index (κ3) is 5.58. The molecule has 2 aliphatic heterocycles. The van der Waals surface area contributed by atoms with Crippen LogP contribution in [0.2, 0.25) is 0 Å². The number of hydrogen-bond acceptors (Lipinski definition) is 10. The second kappa shape index (κ2) is 13.3. The van der Waals surface area contributed by atoms with Crippen LogP contribution in [0, 0.1) is 11.6 Å². The summed E-state index contributed by atoms with van der Waals surface area (Å²) < 4.78 is 58.1. The largest absolute Gasteiger partial charge is 0.494 e. The average Bonchev–Trinajstić information content (AvgIpc) is 3.68. The van der Waals surface area contributed by atoms with Crippen molar-refractivity contribution in [3.63, 3.8) is 0 Å². The van der Waals surface area contributed by atoms with Crippen LogP contribution in [-0.4, -0.2) is 75.7 Å². The fraction of sp³-hybridized carbons (Fsp3) is 0.167.